The van der Waals surface area contributed by atoms with Crippen molar-refractivity contribution in [2.45, 2.75) is 13.0 Å². The number of benzene rings is 2. The maximum Gasteiger partial charge on any atom is 0.419 e. The van der Waals surface area contributed by atoms with Crippen LogP contribution in [0.1, 0.15) is 16.8 Å². The number of aromatic nitrogens is 1. The number of oxazole rings is 1. The van der Waals surface area contributed by atoms with E-state index in [9.17, 15) is 19.7 Å². The molecule has 2 aromatic carbocycles. The van der Waals surface area contributed by atoms with E-state index in [1.165, 1.54) is 29.9 Å². The van der Waals surface area contributed by atoms with Gasteiger partial charge in [-0.05, 0) is 30.7 Å². The molecule has 3 aromatic rings. The van der Waals surface area contributed by atoms with E-state index >= 15 is 0 Å². The van der Waals surface area contributed by atoms with Crippen molar-refractivity contribution in [2.24, 2.45) is 0 Å². The lowest BCUT2D eigenvalue weighted by molar-refractivity contribution is -0.384. The fraction of sp³-hybridized carbons (Fsp3) is 0.300. The summed E-state index contributed by atoms with van der Waals surface area (Å²) >= 11 is 0. The van der Waals surface area contributed by atoms with Gasteiger partial charge in [0.05, 0.1) is 29.2 Å². The second-order valence-electron chi connectivity index (χ2n) is 6.39. The molecule has 1 aromatic heterocycles. The second-order valence-corrected chi connectivity index (χ2v) is 6.39. The van der Waals surface area contributed by atoms with E-state index in [-0.39, 0.29) is 17.9 Å². The lowest BCUT2D eigenvalue weighted by Crippen LogP contribution is -2.16. The normalized spacial score (nSPS) is 10.8. The van der Waals surface area contributed by atoms with Crippen LogP contribution < -0.4 is 11.1 Å². The Labute approximate surface area is 171 Å². The molecule has 1 N–H and O–H groups in total. The SMILES string of the molecule is COCCNc1ccc(C(=O)OCCCn2c(=O)oc3ccccc32)cc1[N+](=O)[O-]. The second kappa shape index (κ2) is 9.70. The molecule has 0 fully saturated rings. The summed E-state index contributed by atoms with van der Waals surface area (Å²) in [7, 11) is 1.53. The number of carbonyl (C=O) groups excluding carboxylic acids is 1. The molecule has 0 radical (unpaired) electrons. The highest BCUT2D eigenvalue weighted by Gasteiger charge is 2.18. The van der Waals surface area contributed by atoms with Crippen molar-refractivity contribution in [3.63, 3.8) is 0 Å². The molecule has 0 amide bonds. The van der Waals surface area contributed by atoms with Crippen LogP contribution in [0.4, 0.5) is 11.4 Å². The van der Waals surface area contributed by atoms with E-state index in [0.717, 1.165) is 0 Å². The lowest BCUT2D eigenvalue weighted by atomic mass is 10.1. The van der Waals surface area contributed by atoms with Crippen LogP contribution in [0.2, 0.25) is 0 Å². The standard InChI is InChI=1S/C20H21N3O7/c1-28-12-9-21-15-8-7-14(13-17(15)23(26)27)19(24)29-11-4-10-22-16-5-2-3-6-18(16)30-20(22)25/h2-3,5-8,13,21H,4,9-12H2,1H3. The third kappa shape index (κ3) is 4.84. The molecule has 0 saturated carbocycles. The largest absolute Gasteiger partial charge is 0.462 e. The van der Waals surface area contributed by atoms with Gasteiger partial charge in [0, 0.05) is 26.3 Å². The number of hydrogen-bond acceptors (Lipinski definition) is 8. The van der Waals surface area contributed by atoms with Crippen LogP contribution in [-0.4, -0.2) is 42.3 Å². The number of carbonyl (C=O) groups is 1. The fourth-order valence-electron chi connectivity index (χ4n) is 2.94. The Balaban J connectivity index is 1.59. The first-order valence-corrected chi connectivity index (χ1v) is 9.28. The Morgan fingerprint density at radius 2 is 2.03 bits per heavy atom. The molecule has 3 rings (SSSR count). The quantitative estimate of drug-likeness (QED) is 0.232. The fourth-order valence-corrected chi connectivity index (χ4v) is 2.94. The number of nitrogens with zero attached hydrogens (tertiary/aromatic N) is 2. The van der Waals surface area contributed by atoms with Crippen LogP contribution in [0.15, 0.2) is 51.7 Å². The minimum Gasteiger partial charge on any atom is -0.462 e. The molecular formula is C20H21N3O7. The minimum absolute atomic E-state index is 0.0480. The van der Waals surface area contributed by atoms with Crippen LogP contribution in [0, 0.1) is 10.1 Å². The summed E-state index contributed by atoms with van der Waals surface area (Å²) in [5, 5.41) is 14.2. The first-order chi connectivity index (χ1) is 14.5. The van der Waals surface area contributed by atoms with Crippen LogP contribution in [0.5, 0.6) is 0 Å². The van der Waals surface area contributed by atoms with Crippen molar-refractivity contribution in [1.29, 1.82) is 0 Å². The maximum atomic E-state index is 12.3. The Kier molecular flexibility index (Phi) is 6.81. The summed E-state index contributed by atoms with van der Waals surface area (Å²) in [6.45, 7) is 1.14. The average molecular weight is 415 g/mol. The Morgan fingerprint density at radius 1 is 1.23 bits per heavy atom. The minimum atomic E-state index is -0.675. The number of fused-ring (bicyclic) bond motifs is 1. The molecule has 0 spiro atoms. The Morgan fingerprint density at radius 3 is 2.80 bits per heavy atom. The molecular weight excluding hydrogens is 394 g/mol. The zero-order valence-electron chi connectivity index (χ0n) is 16.3. The lowest BCUT2D eigenvalue weighted by Gasteiger charge is -2.09. The molecule has 0 aliphatic heterocycles. The van der Waals surface area contributed by atoms with Gasteiger partial charge in [0.25, 0.3) is 5.69 Å². The number of esters is 1. The van der Waals surface area contributed by atoms with Gasteiger partial charge in [-0.2, -0.15) is 0 Å². The summed E-state index contributed by atoms with van der Waals surface area (Å²) in [5.41, 5.74) is 1.30. The van der Waals surface area contributed by atoms with Gasteiger partial charge in [0.2, 0.25) is 0 Å². The number of nitrogens with one attached hydrogen (secondary N) is 1. The van der Waals surface area contributed by atoms with Gasteiger partial charge in [-0.25, -0.2) is 9.59 Å². The maximum absolute atomic E-state index is 12.3. The average Bonchev–Trinajstić information content (AvgIpc) is 3.06. The van der Waals surface area contributed by atoms with Crippen molar-refractivity contribution < 1.29 is 23.6 Å². The topological polar surface area (TPSA) is 126 Å². The van der Waals surface area contributed by atoms with Gasteiger partial charge >= 0.3 is 11.7 Å². The highest BCUT2D eigenvalue weighted by atomic mass is 16.6. The van der Waals surface area contributed by atoms with Crippen LogP contribution in [0.3, 0.4) is 0 Å². The van der Waals surface area contributed by atoms with Gasteiger partial charge in [-0.1, -0.05) is 12.1 Å². The number of anilines is 1. The van der Waals surface area contributed by atoms with Gasteiger partial charge in [-0.3, -0.25) is 14.7 Å². The van der Waals surface area contributed by atoms with Gasteiger partial charge in [0.15, 0.2) is 5.58 Å². The summed E-state index contributed by atoms with van der Waals surface area (Å²) in [6.07, 6.45) is 0.383. The summed E-state index contributed by atoms with van der Waals surface area (Å²) < 4.78 is 16.7. The molecule has 158 valence electrons. The smallest absolute Gasteiger partial charge is 0.419 e. The first-order valence-electron chi connectivity index (χ1n) is 9.28. The summed E-state index contributed by atoms with van der Waals surface area (Å²) in [5.74, 6) is -1.15. The van der Waals surface area contributed by atoms with Gasteiger partial charge in [-0.15, -0.1) is 0 Å². The van der Waals surface area contributed by atoms with Crippen LogP contribution in [0.25, 0.3) is 11.1 Å². The number of ether oxygens (including phenoxy) is 2. The third-order valence-electron chi connectivity index (χ3n) is 4.38. The molecule has 0 saturated heterocycles. The van der Waals surface area contributed by atoms with Crippen molar-refractivity contribution in [2.75, 3.05) is 32.2 Å². The zero-order valence-corrected chi connectivity index (χ0v) is 16.3. The van der Waals surface area contributed by atoms with E-state index in [2.05, 4.69) is 5.32 Å². The zero-order chi connectivity index (χ0) is 21.5. The molecule has 30 heavy (non-hydrogen) atoms. The molecule has 0 aliphatic rings. The van der Waals surface area contributed by atoms with Crippen molar-refractivity contribution in [3.8, 4) is 0 Å². The third-order valence-corrected chi connectivity index (χ3v) is 4.38. The number of methoxy groups -OCH3 is 1. The molecule has 1 heterocycles. The molecule has 0 atom stereocenters. The molecule has 0 bridgehead atoms. The first kappa shape index (κ1) is 21.1. The highest BCUT2D eigenvalue weighted by molar-refractivity contribution is 5.91. The molecule has 0 unspecified atom stereocenters. The number of nitro benzene ring substituents is 1. The van der Waals surface area contributed by atoms with Gasteiger partial charge < -0.3 is 19.2 Å². The Hall–Kier alpha value is -3.66. The number of rotatable bonds is 10. The van der Waals surface area contributed by atoms with Gasteiger partial charge in [0.1, 0.15) is 5.69 Å². The Bertz CT molecular complexity index is 1100. The van der Waals surface area contributed by atoms with E-state index in [4.69, 9.17) is 13.9 Å². The summed E-state index contributed by atoms with van der Waals surface area (Å²) in [6, 6.07) is 11.1. The summed E-state index contributed by atoms with van der Waals surface area (Å²) in [4.78, 5) is 34.9. The molecule has 10 nitrogen and oxygen atoms in total. The number of para-hydroxylation sites is 2. The van der Waals surface area contributed by atoms with Crippen molar-refractivity contribution in [1.82, 2.24) is 4.57 Å². The number of aryl methyl sites for hydroxylation is 1. The van der Waals surface area contributed by atoms with Crippen LogP contribution in [-0.2, 0) is 16.0 Å². The highest BCUT2D eigenvalue weighted by Crippen LogP contribution is 2.25. The van der Waals surface area contributed by atoms with Crippen LogP contribution >= 0.6 is 0 Å². The monoisotopic (exact) mass is 415 g/mol. The van der Waals surface area contributed by atoms with E-state index in [1.807, 2.05) is 0 Å². The van der Waals surface area contributed by atoms with Crippen molar-refractivity contribution in [3.05, 3.63) is 68.7 Å². The molecule has 10 heteroatoms. The molecule has 0 aliphatic carbocycles. The predicted octanol–water partition coefficient (Wildman–Crippen LogP) is 2.81. The van der Waals surface area contributed by atoms with E-state index < -0.39 is 16.6 Å². The predicted molar refractivity (Wildman–Crippen MR) is 109 cm³/mol. The van der Waals surface area contributed by atoms with E-state index in [1.54, 1.807) is 24.3 Å². The number of nitro groups is 1. The number of hydrogen-bond donors (Lipinski definition) is 1. The van der Waals surface area contributed by atoms with E-state index in [0.29, 0.717) is 42.9 Å². The van der Waals surface area contributed by atoms with Crippen molar-refractivity contribution >= 4 is 28.4 Å².